The van der Waals surface area contributed by atoms with E-state index in [9.17, 15) is 9.90 Å². The van der Waals surface area contributed by atoms with Crippen molar-refractivity contribution in [2.45, 2.75) is 17.9 Å². The van der Waals surface area contributed by atoms with Gasteiger partial charge in [-0.2, -0.15) is 0 Å². The zero-order valence-corrected chi connectivity index (χ0v) is 13.8. The van der Waals surface area contributed by atoms with Gasteiger partial charge in [-0.05, 0) is 29.5 Å². The van der Waals surface area contributed by atoms with Gasteiger partial charge in [-0.1, -0.05) is 48.9 Å². The van der Waals surface area contributed by atoms with Crippen molar-refractivity contribution in [3.8, 4) is 0 Å². The second-order valence-corrected chi connectivity index (χ2v) is 6.44. The van der Waals surface area contributed by atoms with Crippen LogP contribution < -0.4 is 5.32 Å². The van der Waals surface area contributed by atoms with E-state index in [1.807, 2.05) is 43.3 Å². The number of rotatable bonds is 6. The zero-order valence-electron chi connectivity index (χ0n) is 12.3. The van der Waals surface area contributed by atoms with Crippen LogP contribution in [0.25, 0.3) is 0 Å². The van der Waals surface area contributed by atoms with E-state index >= 15 is 0 Å². The van der Waals surface area contributed by atoms with Gasteiger partial charge in [-0.25, -0.2) is 0 Å². The van der Waals surface area contributed by atoms with E-state index in [-0.39, 0.29) is 12.5 Å². The molecule has 2 aromatic rings. The van der Waals surface area contributed by atoms with Crippen LogP contribution in [0.15, 0.2) is 53.4 Å². The summed E-state index contributed by atoms with van der Waals surface area (Å²) in [5, 5.41) is 12.9. The monoisotopic (exact) mass is 335 g/mol. The third-order valence-corrected chi connectivity index (χ3v) is 4.37. The van der Waals surface area contributed by atoms with Gasteiger partial charge in [-0.15, -0.1) is 11.8 Å². The molecule has 0 bridgehead atoms. The Bertz CT molecular complexity index is 634. The molecule has 2 N–H and O–H groups in total. The number of aliphatic hydroxyl groups excluding tert-OH is 1. The van der Waals surface area contributed by atoms with Crippen molar-refractivity contribution in [3.63, 3.8) is 0 Å². The van der Waals surface area contributed by atoms with Crippen molar-refractivity contribution in [1.29, 1.82) is 0 Å². The molecule has 5 heteroatoms. The molecular formula is C17H18ClNO2S. The number of nitrogens with one attached hydrogen (secondary N) is 1. The first-order valence-electron chi connectivity index (χ1n) is 7.04. The van der Waals surface area contributed by atoms with Crippen LogP contribution in [0.3, 0.4) is 0 Å². The zero-order chi connectivity index (χ0) is 15.9. The normalized spacial score (nSPS) is 12.0. The highest BCUT2D eigenvalue weighted by molar-refractivity contribution is 7.99. The number of carbonyl (C=O) groups excluding carboxylic acids is 1. The summed E-state index contributed by atoms with van der Waals surface area (Å²) in [6.07, 6.45) is 0. The first-order chi connectivity index (χ1) is 10.7. The average Bonchev–Trinajstić information content (AvgIpc) is 2.55. The second kappa shape index (κ2) is 8.22. The SMILES string of the molecule is CCSc1ccc(Cl)cc1C(=O)N[C@H](CO)c1ccccc1. The van der Waals surface area contributed by atoms with Gasteiger partial charge in [0.15, 0.2) is 0 Å². The van der Waals surface area contributed by atoms with E-state index in [0.717, 1.165) is 16.2 Å². The van der Waals surface area contributed by atoms with Crippen LogP contribution >= 0.6 is 23.4 Å². The van der Waals surface area contributed by atoms with Crippen LogP contribution in [0.2, 0.25) is 5.02 Å². The van der Waals surface area contributed by atoms with Crippen molar-refractivity contribution in [2.75, 3.05) is 12.4 Å². The maximum atomic E-state index is 12.5. The predicted molar refractivity (Wildman–Crippen MR) is 91.6 cm³/mol. The van der Waals surface area contributed by atoms with Gasteiger partial charge in [0.25, 0.3) is 5.91 Å². The largest absolute Gasteiger partial charge is 0.394 e. The molecule has 0 saturated heterocycles. The Kier molecular flexibility index (Phi) is 6.31. The number of halogens is 1. The first kappa shape index (κ1) is 16.9. The van der Waals surface area contributed by atoms with Crippen LogP contribution in [-0.2, 0) is 0 Å². The van der Waals surface area contributed by atoms with Gasteiger partial charge in [0.2, 0.25) is 0 Å². The van der Waals surface area contributed by atoms with Crippen molar-refractivity contribution in [3.05, 3.63) is 64.7 Å². The molecule has 0 aliphatic rings. The summed E-state index contributed by atoms with van der Waals surface area (Å²) in [5.41, 5.74) is 1.40. The Morgan fingerprint density at radius 1 is 1.27 bits per heavy atom. The summed E-state index contributed by atoms with van der Waals surface area (Å²) in [5.74, 6) is 0.630. The molecule has 0 fully saturated rings. The predicted octanol–water partition coefficient (Wildman–Crippen LogP) is 3.92. The van der Waals surface area contributed by atoms with Gasteiger partial charge >= 0.3 is 0 Å². The number of hydrogen-bond donors (Lipinski definition) is 2. The minimum Gasteiger partial charge on any atom is -0.394 e. The second-order valence-electron chi connectivity index (χ2n) is 4.69. The van der Waals surface area contributed by atoms with Crippen LogP contribution in [-0.4, -0.2) is 23.4 Å². The Labute approximate surface area is 139 Å². The fraction of sp³-hybridized carbons (Fsp3) is 0.235. The van der Waals surface area contributed by atoms with E-state index < -0.39 is 6.04 Å². The molecule has 0 aromatic heterocycles. The van der Waals surface area contributed by atoms with E-state index in [0.29, 0.717) is 10.6 Å². The van der Waals surface area contributed by atoms with Crippen molar-refractivity contribution in [1.82, 2.24) is 5.32 Å². The molecule has 3 nitrogen and oxygen atoms in total. The van der Waals surface area contributed by atoms with E-state index in [2.05, 4.69) is 5.32 Å². The Balaban J connectivity index is 2.22. The maximum Gasteiger partial charge on any atom is 0.253 e. The molecule has 0 radical (unpaired) electrons. The summed E-state index contributed by atoms with van der Waals surface area (Å²) in [6.45, 7) is 1.87. The lowest BCUT2D eigenvalue weighted by Gasteiger charge is -2.18. The van der Waals surface area contributed by atoms with E-state index in [1.54, 1.807) is 23.9 Å². The van der Waals surface area contributed by atoms with Crippen molar-refractivity contribution >= 4 is 29.3 Å². The standard InChI is InChI=1S/C17H18ClNO2S/c1-2-22-16-9-8-13(18)10-14(16)17(21)19-15(11-20)12-6-4-3-5-7-12/h3-10,15,20H,2,11H2,1H3,(H,19,21)/t15-/m1/s1. The number of hydrogen-bond acceptors (Lipinski definition) is 3. The molecular weight excluding hydrogens is 318 g/mol. The summed E-state index contributed by atoms with van der Waals surface area (Å²) in [4.78, 5) is 13.4. The van der Waals surface area contributed by atoms with Crippen molar-refractivity contribution in [2.24, 2.45) is 0 Å². The molecule has 0 unspecified atom stereocenters. The third-order valence-electron chi connectivity index (χ3n) is 3.18. The van der Waals surface area contributed by atoms with Crippen LogP contribution in [0.5, 0.6) is 0 Å². The fourth-order valence-electron chi connectivity index (χ4n) is 2.12. The van der Waals surface area contributed by atoms with Gasteiger partial charge < -0.3 is 10.4 Å². The van der Waals surface area contributed by atoms with E-state index in [4.69, 9.17) is 11.6 Å². The first-order valence-corrected chi connectivity index (χ1v) is 8.41. The summed E-state index contributed by atoms with van der Waals surface area (Å²) in [6, 6.07) is 14.2. The number of carbonyl (C=O) groups is 1. The molecule has 2 aromatic carbocycles. The summed E-state index contributed by atoms with van der Waals surface area (Å²) in [7, 11) is 0. The molecule has 22 heavy (non-hydrogen) atoms. The molecule has 0 aliphatic carbocycles. The number of benzene rings is 2. The lowest BCUT2D eigenvalue weighted by atomic mass is 10.1. The Morgan fingerprint density at radius 2 is 2.00 bits per heavy atom. The molecule has 0 saturated carbocycles. The lowest BCUT2D eigenvalue weighted by molar-refractivity contribution is 0.0913. The third kappa shape index (κ3) is 4.26. The quantitative estimate of drug-likeness (QED) is 0.787. The van der Waals surface area contributed by atoms with Crippen LogP contribution in [0.4, 0.5) is 0 Å². The Hall–Kier alpha value is -1.49. The minimum absolute atomic E-state index is 0.160. The number of aliphatic hydroxyl groups is 1. The highest BCUT2D eigenvalue weighted by atomic mass is 35.5. The molecule has 0 aliphatic heterocycles. The highest BCUT2D eigenvalue weighted by Gasteiger charge is 2.17. The smallest absolute Gasteiger partial charge is 0.253 e. The number of thioether (sulfide) groups is 1. The number of amides is 1. The van der Waals surface area contributed by atoms with Gasteiger partial charge in [0.05, 0.1) is 18.2 Å². The minimum atomic E-state index is -0.438. The van der Waals surface area contributed by atoms with E-state index in [1.165, 1.54) is 0 Å². The average molecular weight is 336 g/mol. The van der Waals surface area contributed by atoms with Crippen LogP contribution in [0, 0.1) is 0 Å². The maximum absolute atomic E-state index is 12.5. The molecule has 0 spiro atoms. The van der Waals surface area contributed by atoms with Gasteiger partial charge in [0.1, 0.15) is 0 Å². The van der Waals surface area contributed by atoms with Gasteiger partial charge in [-0.3, -0.25) is 4.79 Å². The Morgan fingerprint density at radius 3 is 2.64 bits per heavy atom. The highest BCUT2D eigenvalue weighted by Crippen LogP contribution is 2.26. The lowest BCUT2D eigenvalue weighted by Crippen LogP contribution is -2.31. The fourth-order valence-corrected chi connectivity index (χ4v) is 3.07. The molecule has 2 rings (SSSR count). The van der Waals surface area contributed by atoms with Gasteiger partial charge in [0, 0.05) is 9.92 Å². The van der Waals surface area contributed by atoms with Crippen LogP contribution in [0.1, 0.15) is 28.9 Å². The molecule has 116 valence electrons. The molecule has 1 atom stereocenters. The summed E-state index contributed by atoms with van der Waals surface area (Å²) < 4.78 is 0. The molecule has 1 amide bonds. The topological polar surface area (TPSA) is 49.3 Å². The van der Waals surface area contributed by atoms with Crippen molar-refractivity contribution < 1.29 is 9.90 Å². The molecule has 0 heterocycles. The summed E-state index contributed by atoms with van der Waals surface area (Å²) >= 11 is 7.60.